The highest BCUT2D eigenvalue weighted by atomic mass is 16.5. The van der Waals surface area contributed by atoms with Crippen molar-refractivity contribution in [3.05, 3.63) is 0 Å². The second-order valence-electron chi connectivity index (χ2n) is 3.26. The molecule has 0 aliphatic heterocycles. The number of methoxy groups -OCH3 is 1. The summed E-state index contributed by atoms with van der Waals surface area (Å²) in [6.07, 6.45) is 3.16. The number of rotatable bonds is 3. The average molecular weight is 128 g/mol. The quantitative estimate of drug-likeness (QED) is 0.565. The molecule has 0 N–H and O–H groups in total. The van der Waals surface area contributed by atoms with Gasteiger partial charge in [-0.3, -0.25) is 0 Å². The fraction of sp³-hybridized carbons (Fsp3) is 1.00. The zero-order chi connectivity index (χ0) is 6.85. The maximum absolute atomic E-state index is 5.15. The first kappa shape index (κ1) is 7.07. The first-order valence-corrected chi connectivity index (χ1v) is 3.76. The Morgan fingerprint density at radius 3 is 2.56 bits per heavy atom. The largest absolute Gasteiger partial charge is 0.382 e. The molecular weight excluding hydrogens is 112 g/mol. The standard InChI is InChI=1S/C8H16O/c1-6-4-8(6)5-7(2)9-3/h6-8H,4-5H2,1-3H3/t6-,7+,8-/m1/s1. The van der Waals surface area contributed by atoms with Crippen LogP contribution in [-0.4, -0.2) is 13.2 Å². The van der Waals surface area contributed by atoms with Crippen LogP contribution in [0.15, 0.2) is 0 Å². The lowest BCUT2D eigenvalue weighted by molar-refractivity contribution is 0.105. The van der Waals surface area contributed by atoms with Crippen LogP contribution in [0.3, 0.4) is 0 Å². The summed E-state index contributed by atoms with van der Waals surface area (Å²) in [5.74, 6) is 1.95. The van der Waals surface area contributed by atoms with Gasteiger partial charge in [0, 0.05) is 7.11 Å². The molecule has 1 aliphatic rings. The second-order valence-corrected chi connectivity index (χ2v) is 3.26. The summed E-state index contributed by atoms with van der Waals surface area (Å²) in [5.41, 5.74) is 0. The Hall–Kier alpha value is -0.0400. The Morgan fingerprint density at radius 2 is 2.22 bits per heavy atom. The van der Waals surface area contributed by atoms with Crippen molar-refractivity contribution in [3.63, 3.8) is 0 Å². The van der Waals surface area contributed by atoms with Crippen LogP contribution >= 0.6 is 0 Å². The van der Waals surface area contributed by atoms with Gasteiger partial charge in [-0.05, 0) is 31.6 Å². The van der Waals surface area contributed by atoms with E-state index in [1.165, 1.54) is 12.8 Å². The van der Waals surface area contributed by atoms with Crippen LogP contribution in [0.1, 0.15) is 26.7 Å². The molecule has 0 spiro atoms. The molecule has 1 rings (SSSR count). The minimum atomic E-state index is 0.472. The van der Waals surface area contributed by atoms with Gasteiger partial charge in [-0.1, -0.05) is 6.92 Å². The third kappa shape index (κ3) is 1.98. The van der Waals surface area contributed by atoms with Crippen LogP contribution in [0, 0.1) is 11.8 Å². The molecule has 0 saturated heterocycles. The van der Waals surface area contributed by atoms with E-state index in [0.717, 1.165) is 11.8 Å². The van der Waals surface area contributed by atoms with Crippen LogP contribution in [-0.2, 0) is 4.74 Å². The van der Waals surface area contributed by atoms with Crippen LogP contribution in [0.4, 0.5) is 0 Å². The van der Waals surface area contributed by atoms with Gasteiger partial charge in [-0.15, -0.1) is 0 Å². The Labute approximate surface area is 57.4 Å². The van der Waals surface area contributed by atoms with Gasteiger partial charge in [-0.2, -0.15) is 0 Å². The van der Waals surface area contributed by atoms with Crippen molar-refractivity contribution in [2.24, 2.45) is 11.8 Å². The highest BCUT2D eigenvalue weighted by molar-refractivity contribution is 4.83. The van der Waals surface area contributed by atoms with E-state index in [2.05, 4.69) is 13.8 Å². The van der Waals surface area contributed by atoms with E-state index in [9.17, 15) is 0 Å². The smallest absolute Gasteiger partial charge is 0.0546 e. The topological polar surface area (TPSA) is 9.23 Å². The molecule has 0 aromatic heterocycles. The van der Waals surface area contributed by atoms with E-state index in [1.54, 1.807) is 7.11 Å². The van der Waals surface area contributed by atoms with Crippen molar-refractivity contribution < 1.29 is 4.74 Å². The summed E-state index contributed by atoms with van der Waals surface area (Å²) in [5, 5.41) is 0. The van der Waals surface area contributed by atoms with E-state index in [-0.39, 0.29) is 0 Å². The predicted octanol–water partition coefficient (Wildman–Crippen LogP) is 2.07. The van der Waals surface area contributed by atoms with Gasteiger partial charge in [0.05, 0.1) is 6.10 Å². The van der Waals surface area contributed by atoms with E-state index in [0.29, 0.717) is 6.10 Å². The summed E-state index contributed by atoms with van der Waals surface area (Å²) in [6, 6.07) is 0. The number of hydrogen-bond acceptors (Lipinski definition) is 1. The summed E-state index contributed by atoms with van der Waals surface area (Å²) < 4.78 is 5.15. The first-order valence-electron chi connectivity index (χ1n) is 3.76. The molecule has 0 aromatic carbocycles. The highest BCUT2D eigenvalue weighted by Crippen LogP contribution is 2.41. The van der Waals surface area contributed by atoms with Crippen molar-refractivity contribution in [3.8, 4) is 0 Å². The van der Waals surface area contributed by atoms with Crippen molar-refractivity contribution in [2.75, 3.05) is 7.11 Å². The van der Waals surface area contributed by atoms with Gasteiger partial charge in [0.1, 0.15) is 0 Å². The Balaban J connectivity index is 2.05. The summed E-state index contributed by atoms with van der Waals surface area (Å²) >= 11 is 0. The molecule has 1 saturated carbocycles. The number of hydrogen-bond donors (Lipinski definition) is 0. The molecule has 0 radical (unpaired) electrons. The molecule has 0 aromatic rings. The van der Waals surface area contributed by atoms with Crippen LogP contribution in [0.2, 0.25) is 0 Å². The Bertz CT molecular complexity index is 88.6. The lowest BCUT2D eigenvalue weighted by Crippen LogP contribution is -2.05. The van der Waals surface area contributed by atoms with Crippen LogP contribution in [0.25, 0.3) is 0 Å². The molecule has 0 unspecified atom stereocenters. The fourth-order valence-corrected chi connectivity index (χ4v) is 1.25. The summed E-state index contributed by atoms with van der Waals surface area (Å²) in [7, 11) is 1.79. The molecule has 1 aliphatic carbocycles. The van der Waals surface area contributed by atoms with Crippen molar-refractivity contribution >= 4 is 0 Å². The van der Waals surface area contributed by atoms with Gasteiger partial charge in [0.15, 0.2) is 0 Å². The maximum atomic E-state index is 5.15. The Kier molecular flexibility index (Phi) is 2.12. The molecule has 54 valence electrons. The molecule has 3 atom stereocenters. The lowest BCUT2D eigenvalue weighted by atomic mass is 10.2. The molecule has 1 nitrogen and oxygen atoms in total. The lowest BCUT2D eigenvalue weighted by Gasteiger charge is -2.06. The zero-order valence-corrected chi connectivity index (χ0v) is 6.55. The Morgan fingerprint density at radius 1 is 1.67 bits per heavy atom. The van der Waals surface area contributed by atoms with Gasteiger partial charge < -0.3 is 4.74 Å². The van der Waals surface area contributed by atoms with Crippen LogP contribution in [0.5, 0.6) is 0 Å². The van der Waals surface area contributed by atoms with E-state index < -0.39 is 0 Å². The monoisotopic (exact) mass is 128 g/mol. The molecule has 0 heterocycles. The fourth-order valence-electron chi connectivity index (χ4n) is 1.25. The minimum absolute atomic E-state index is 0.472. The van der Waals surface area contributed by atoms with Gasteiger partial charge in [0.2, 0.25) is 0 Å². The molecule has 1 fully saturated rings. The molecule has 1 heteroatoms. The van der Waals surface area contributed by atoms with Crippen molar-refractivity contribution in [2.45, 2.75) is 32.8 Å². The molecule has 0 bridgehead atoms. The normalized spacial score (nSPS) is 36.3. The van der Waals surface area contributed by atoms with Crippen molar-refractivity contribution in [1.82, 2.24) is 0 Å². The van der Waals surface area contributed by atoms with Crippen LogP contribution < -0.4 is 0 Å². The predicted molar refractivity (Wildman–Crippen MR) is 38.4 cm³/mol. The summed E-state index contributed by atoms with van der Waals surface area (Å²) in [6.45, 7) is 4.46. The molecular formula is C8H16O. The second kappa shape index (κ2) is 2.70. The van der Waals surface area contributed by atoms with E-state index in [1.807, 2.05) is 0 Å². The number of ether oxygens (including phenoxy) is 1. The van der Waals surface area contributed by atoms with E-state index in [4.69, 9.17) is 4.74 Å². The minimum Gasteiger partial charge on any atom is -0.382 e. The van der Waals surface area contributed by atoms with Gasteiger partial charge in [0.25, 0.3) is 0 Å². The van der Waals surface area contributed by atoms with Gasteiger partial charge in [-0.25, -0.2) is 0 Å². The SMILES string of the molecule is CO[C@@H](C)C[C@H]1C[C@H]1C. The third-order valence-electron chi connectivity index (χ3n) is 2.31. The molecule has 9 heavy (non-hydrogen) atoms. The van der Waals surface area contributed by atoms with Crippen molar-refractivity contribution in [1.29, 1.82) is 0 Å². The first-order chi connectivity index (χ1) is 4.24. The zero-order valence-electron chi connectivity index (χ0n) is 6.55. The summed E-state index contributed by atoms with van der Waals surface area (Å²) in [4.78, 5) is 0. The average Bonchev–Trinajstić information content (AvgIpc) is 2.47. The maximum Gasteiger partial charge on any atom is 0.0546 e. The molecule has 0 amide bonds. The van der Waals surface area contributed by atoms with Gasteiger partial charge >= 0.3 is 0 Å². The highest BCUT2D eigenvalue weighted by Gasteiger charge is 2.33. The third-order valence-corrected chi connectivity index (χ3v) is 2.31. The van der Waals surface area contributed by atoms with E-state index >= 15 is 0 Å².